The Hall–Kier alpha value is -3.02. The highest BCUT2D eigenvalue weighted by Gasteiger charge is 2.39. The van der Waals surface area contributed by atoms with Crippen LogP contribution in [-0.2, 0) is 9.59 Å². The van der Waals surface area contributed by atoms with Crippen LogP contribution in [0.25, 0.3) is 0 Å². The number of benzene rings is 2. The SMILES string of the molecule is COc1cccc(N2C(=O)C[C@H](Nc3ccc(N4CCCCC4)cc3)C2=O)c1. The summed E-state index contributed by atoms with van der Waals surface area (Å²) in [7, 11) is 1.56. The third-order valence-electron chi connectivity index (χ3n) is 5.39. The fraction of sp³-hybridized carbons (Fsp3) is 0.364. The number of hydrogen-bond acceptors (Lipinski definition) is 5. The van der Waals surface area contributed by atoms with E-state index >= 15 is 0 Å². The number of imide groups is 1. The highest BCUT2D eigenvalue weighted by Crippen LogP contribution is 2.28. The molecule has 0 spiro atoms. The molecular formula is C22H25N3O3. The molecule has 146 valence electrons. The van der Waals surface area contributed by atoms with Gasteiger partial charge >= 0.3 is 0 Å². The quantitative estimate of drug-likeness (QED) is 0.807. The number of carbonyl (C=O) groups excluding carboxylic acids is 2. The molecule has 0 saturated carbocycles. The van der Waals surface area contributed by atoms with Crippen LogP contribution in [0.4, 0.5) is 17.1 Å². The van der Waals surface area contributed by atoms with Gasteiger partial charge in [-0.2, -0.15) is 0 Å². The van der Waals surface area contributed by atoms with E-state index in [-0.39, 0.29) is 18.2 Å². The van der Waals surface area contributed by atoms with Gasteiger partial charge < -0.3 is 15.0 Å². The van der Waals surface area contributed by atoms with E-state index < -0.39 is 6.04 Å². The minimum atomic E-state index is -0.556. The van der Waals surface area contributed by atoms with E-state index in [0.29, 0.717) is 11.4 Å². The molecule has 4 rings (SSSR count). The summed E-state index contributed by atoms with van der Waals surface area (Å²) in [6, 6.07) is 14.6. The molecule has 6 heteroatoms. The molecule has 2 aromatic rings. The third-order valence-corrected chi connectivity index (χ3v) is 5.39. The smallest absolute Gasteiger partial charge is 0.256 e. The predicted octanol–water partition coefficient (Wildman–Crippen LogP) is 3.43. The fourth-order valence-corrected chi connectivity index (χ4v) is 3.89. The topological polar surface area (TPSA) is 61.9 Å². The molecule has 2 aliphatic rings. The van der Waals surface area contributed by atoms with Crippen molar-refractivity contribution in [3.8, 4) is 5.75 Å². The molecular weight excluding hydrogens is 354 g/mol. The average Bonchev–Trinajstić information content (AvgIpc) is 3.02. The fourth-order valence-electron chi connectivity index (χ4n) is 3.89. The second kappa shape index (κ2) is 7.92. The standard InChI is InChI=1S/C22H25N3O3/c1-28-19-7-5-6-18(14-19)25-21(26)15-20(22(25)27)23-16-8-10-17(11-9-16)24-12-3-2-4-13-24/h5-11,14,20,23H,2-4,12-13,15H2,1H3/t20-/m0/s1. The molecule has 1 atom stereocenters. The van der Waals surface area contributed by atoms with Gasteiger partial charge in [0.2, 0.25) is 5.91 Å². The Morgan fingerprint density at radius 3 is 2.43 bits per heavy atom. The van der Waals surface area contributed by atoms with Crippen LogP contribution in [0.3, 0.4) is 0 Å². The second-order valence-corrected chi connectivity index (χ2v) is 7.26. The van der Waals surface area contributed by atoms with Gasteiger partial charge in [-0.3, -0.25) is 9.59 Å². The molecule has 0 aliphatic carbocycles. The van der Waals surface area contributed by atoms with Crippen molar-refractivity contribution in [3.63, 3.8) is 0 Å². The molecule has 2 fully saturated rings. The molecule has 6 nitrogen and oxygen atoms in total. The molecule has 2 aliphatic heterocycles. The Morgan fingerprint density at radius 2 is 1.71 bits per heavy atom. The van der Waals surface area contributed by atoms with E-state index in [1.54, 1.807) is 31.4 Å². The molecule has 1 N–H and O–H groups in total. The maximum Gasteiger partial charge on any atom is 0.256 e. The first kappa shape index (κ1) is 18.3. The van der Waals surface area contributed by atoms with Gasteiger partial charge in [-0.15, -0.1) is 0 Å². The Kier molecular flexibility index (Phi) is 5.19. The highest BCUT2D eigenvalue weighted by atomic mass is 16.5. The van der Waals surface area contributed by atoms with Gasteiger partial charge in [0.1, 0.15) is 11.8 Å². The molecule has 0 radical (unpaired) electrons. The van der Waals surface area contributed by atoms with Crippen molar-refractivity contribution >= 4 is 28.9 Å². The maximum absolute atomic E-state index is 12.8. The zero-order chi connectivity index (χ0) is 19.5. The first-order valence-electron chi connectivity index (χ1n) is 9.78. The number of hydrogen-bond donors (Lipinski definition) is 1. The van der Waals surface area contributed by atoms with E-state index in [2.05, 4.69) is 22.3 Å². The van der Waals surface area contributed by atoms with Crippen LogP contribution in [-0.4, -0.2) is 38.1 Å². The monoisotopic (exact) mass is 379 g/mol. The number of amides is 2. The molecule has 2 saturated heterocycles. The van der Waals surface area contributed by atoms with Gasteiger partial charge in [-0.1, -0.05) is 6.07 Å². The number of anilines is 3. The van der Waals surface area contributed by atoms with Crippen LogP contribution in [0, 0.1) is 0 Å². The van der Waals surface area contributed by atoms with Gasteiger partial charge in [0.15, 0.2) is 0 Å². The summed E-state index contributed by atoms with van der Waals surface area (Å²) in [6.07, 6.45) is 3.92. The summed E-state index contributed by atoms with van der Waals surface area (Å²) >= 11 is 0. The molecule has 2 amide bonds. The number of piperidine rings is 1. The zero-order valence-corrected chi connectivity index (χ0v) is 16.1. The van der Waals surface area contributed by atoms with Crippen LogP contribution in [0.5, 0.6) is 5.75 Å². The summed E-state index contributed by atoms with van der Waals surface area (Å²) in [5.74, 6) is 0.168. The number of nitrogens with zero attached hydrogens (tertiary/aromatic N) is 2. The first-order chi connectivity index (χ1) is 13.7. The van der Waals surface area contributed by atoms with Crippen LogP contribution in [0.15, 0.2) is 48.5 Å². The minimum Gasteiger partial charge on any atom is -0.497 e. The third kappa shape index (κ3) is 3.67. The lowest BCUT2D eigenvalue weighted by Crippen LogP contribution is -2.34. The van der Waals surface area contributed by atoms with Crippen LogP contribution >= 0.6 is 0 Å². The van der Waals surface area contributed by atoms with E-state index in [1.807, 2.05) is 12.1 Å². The van der Waals surface area contributed by atoms with Gasteiger partial charge in [0.25, 0.3) is 5.91 Å². The Bertz CT molecular complexity index is 860. The molecule has 0 unspecified atom stereocenters. The molecule has 0 aromatic heterocycles. The van der Waals surface area contributed by atoms with E-state index in [0.717, 1.165) is 18.8 Å². The van der Waals surface area contributed by atoms with E-state index in [9.17, 15) is 9.59 Å². The summed E-state index contributed by atoms with van der Waals surface area (Å²) in [5, 5.41) is 3.22. The van der Waals surface area contributed by atoms with Gasteiger partial charge in [0.05, 0.1) is 19.2 Å². The summed E-state index contributed by atoms with van der Waals surface area (Å²) in [4.78, 5) is 28.9. The van der Waals surface area contributed by atoms with Crippen LogP contribution < -0.4 is 19.9 Å². The highest BCUT2D eigenvalue weighted by molar-refractivity contribution is 6.23. The largest absolute Gasteiger partial charge is 0.497 e. The Morgan fingerprint density at radius 1 is 0.964 bits per heavy atom. The van der Waals surface area contributed by atoms with Crippen molar-refractivity contribution in [2.75, 3.05) is 35.3 Å². The van der Waals surface area contributed by atoms with Crippen LogP contribution in [0.2, 0.25) is 0 Å². The molecule has 28 heavy (non-hydrogen) atoms. The van der Waals surface area contributed by atoms with Crippen molar-refractivity contribution in [2.24, 2.45) is 0 Å². The van der Waals surface area contributed by atoms with Crippen molar-refractivity contribution in [3.05, 3.63) is 48.5 Å². The van der Waals surface area contributed by atoms with Gasteiger partial charge in [-0.05, 0) is 55.7 Å². The van der Waals surface area contributed by atoms with E-state index in [4.69, 9.17) is 4.74 Å². The summed E-state index contributed by atoms with van der Waals surface area (Å²) < 4.78 is 5.20. The Labute approximate surface area is 165 Å². The van der Waals surface area contributed by atoms with Crippen molar-refractivity contribution < 1.29 is 14.3 Å². The normalized spacial score (nSPS) is 19.8. The number of methoxy groups -OCH3 is 1. The molecule has 2 heterocycles. The number of ether oxygens (including phenoxy) is 1. The van der Waals surface area contributed by atoms with E-state index in [1.165, 1.54) is 29.8 Å². The Balaban J connectivity index is 1.45. The van der Waals surface area contributed by atoms with Crippen molar-refractivity contribution in [1.82, 2.24) is 0 Å². The lowest BCUT2D eigenvalue weighted by atomic mass is 10.1. The second-order valence-electron chi connectivity index (χ2n) is 7.26. The van der Waals surface area contributed by atoms with Crippen molar-refractivity contribution in [2.45, 2.75) is 31.7 Å². The van der Waals surface area contributed by atoms with Gasteiger partial charge in [-0.25, -0.2) is 4.90 Å². The number of carbonyl (C=O) groups is 2. The summed E-state index contributed by atoms with van der Waals surface area (Å²) in [6.45, 7) is 2.19. The van der Waals surface area contributed by atoms with Crippen LogP contribution in [0.1, 0.15) is 25.7 Å². The van der Waals surface area contributed by atoms with Gasteiger partial charge in [0, 0.05) is 30.5 Å². The lowest BCUT2D eigenvalue weighted by molar-refractivity contribution is -0.121. The maximum atomic E-state index is 12.8. The molecule has 0 bridgehead atoms. The average molecular weight is 379 g/mol. The summed E-state index contributed by atoms with van der Waals surface area (Å²) in [5.41, 5.74) is 2.59. The number of rotatable bonds is 5. The van der Waals surface area contributed by atoms with Crippen molar-refractivity contribution in [1.29, 1.82) is 0 Å². The molecule has 2 aromatic carbocycles. The zero-order valence-electron chi connectivity index (χ0n) is 16.1. The minimum absolute atomic E-state index is 0.143. The first-order valence-corrected chi connectivity index (χ1v) is 9.78. The number of nitrogens with one attached hydrogen (secondary N) is 1. The predicted molar refractivity (Wildman–Crippen MR) is 110 cm³/mol. The lowest BCUT2D eigenvalue weighted by Gasteiger charge is -2.29.